The van der Waals surface area contributed by atoms with Crippen molar-refractivity contribution in [1.29, 1.82) is 0 Å². The van der Waals surface area contributed by atoms with E-state index in [1.807, 2.05) is 6.07 Å². The number of aromatic hydroxyl groups is 1. The summed E-state index contributed by atoms with van der Waals surface area (Å²) in [6, 6.07) is 14.1. The molecule has 1 fully saturated rings. The molecule has 3 aliphatic carbocycles. The van der Waals surface area contributed by atoms with Crippen molar-refractivity contribution in [3.8, 4) is 16.9 Å². The minimum atomic E-state index is -2.70. The number of benzene rings is 2. The highest BCUT2D eigenvalue weighted by molar-refractivity contribution is 6.24. The molecule has 6 rings (SSSR count). The van der Waals surface area contributed by atoms with Crippen molar-refractivity contribution < 1.29 is 39.6 Å². The number of nitrogens with two attached hydrogens (primary N) is 1. The number of likely N-dealkylation sites (N-methyl/N-ethyl adjacent to an activating group) is 1. The minimum absolute atomic E-state index is 0.000839. The normalized spacial score (nSPS) is 24.3. The monoisotopic (exact) mass is 609 g/mol. The molecule has 0 aliphatic heterocycles. The summed E-state index contributed by atoms with van der Waals surface area (Å²) in [6.07, 6.45) is 1.90. The molecule has 11 nitrogen and oxygen atoms in total. The number of ketones is 3. The number of amides is 1. The van der Waals surface area contributed by atoms with Crippen molar-refractivity contribution in [3.05, 3.63) is 100 Å². The Morgan fingerprint density at radius 1 is 1.02 bits per heavy atom. The van der Waals surface area contributed by atoms with Crippen molar-refractivity contribution in [2.24, 2.45) is 17.6 Å². The number of aliphatic hydroxyl groups excluding tert-OH is 2. The number of rotatable bonds is 6. The number of carbonyl (C=O) groups excluding carboxylic acids is 4. The quantitative estimate of drug-likeness (QED) is 0.205. The number of hydrogen-bond acceptors (Lipinski definition) is 10. The smallest absolute Gasteiger partial charge is 0.255 e. The number of carbonyl (C=O) groups is 4. The Morgan fingerprint density at radius 2 is 1.73 bits per heavy atom. The van der Waals surface area contributed by atoms with Gasteiger partial charge in [0.15, 0.2) is 17.2 Å². The van der Waals surface area contributed by atoms with E-state index >= 15 is 0 Å². The second-order valence-electron chi connectivity index (χ2n) is 11.9. The van der Waals surface area contributed by atoms with Crippen LogP contribution in [-0.2, 0) is 27.2 Å². The lowest BCUT2D eigenvalue weighted by Crippen LogP contribution is -2.65. The number of fused-ring (bicyclic) bond motifs is 3. The van der Waals surface area contributed by atoms with Gasteiger partial charge in [-0.2, -0.15) is 0 Å². The van der Waals surface area contributed by atoms with Crippen molar-refractivity contribution in [2.45, 2.75) is 30.9 Å². The van der Waals surface area contributed by atoms with E-state index in [4.69, 9.17) is 5.73 Å². The molecule has 11 heteroatoms. The summed E-state index contributed by atoms with van der Waals surface area (Å²) in [4.78, 5) is 58.0. The molecule has 6 N–H and O–H groups in total. The van der Waals surface area contributed by atoms with Crippen LogP contribution in [0.2, 0.25) is 0 Å². The number of aliphatic hydroxyl groups is 3. The fourth-order valence-corrected chi connectivity index (χ4v) is 7.12. The SMILES string of the molecule is CN(C)[C@@H]1C(=O)C(C(N)=O)=C(O)[C@@]2(O)C(=O)C3=C(O)c4c(O)ccc(-c5ccc(C(=O)Cc6ccccn6)cc5)c4CC3CC12. The van der Waals surface area contributed by atoms with Gasteiger partial charge in [-0.15, -0.1) is 0 Å². The summed E-state index contributed by atoms with van der Waals surface area (Å²) < 4.78 is 0. The zero-order valence-corrected chi connectivity index (χ0v) is 24.5. The first-order valence-corrected chi connectivity index (χ1v) is 14.4. The van der Waals surface area contributed by atoms with Crippen molar-refractivity contribution in [1.82, 2.24) is 9.88 Å². The average molecular weight is 610 g/mol. The third kappa shape index (κ3) is 4.54. The number of aromatic nitrogens is 1. The van der Waals surface area contributed by atoms with E-state index in [1.54, 1.807) is 62.8 Å². The van der Waals surface area contributed by atoms with Crippen LogP contribution in [0.1, 0.15) is 33.6 Å². The maximum Gasteiger partial charge on any atom is 0.255 e. The van der Waals surface area contributed by atoms with Gasteiger partial charge in [-0.25, -0.2) is 0 Å². The molecule has 3 aliphatic rings. The molecule has 1 heterocycles. The Balaban J connectivity index is 1.42. The number of primary amides is 1. The minimum Gasteiger partial charge on any atom is -0.508 e. The van der Waals surface area contributed by atoms with Crippen LogP contribution in [0.25, 0.3) is 16.9 Å². The van der Waals surface area contributed by atoms with Crippen molar-refractivity contribution in [3.63, 3.8) is 0 Å². The number of pyridine rings is 1. The van der Waals surface area contributed by atoms with Gasteiger partial charge in [0, 0.05) is 28.9 Å². The van der Waals surface area contributed by atoms with Crippen LogP contribution in [0, 0.1) is 11.8 Å². The van der Waals surface area contributed by atoms with Crippen molar-refractivity contribution >= 4 is 29.0 Å². The zero-order chi connectivity index (χ0) is 32.4. The lowest BCUT2D eigenvalue weighted by Gasteiger charge is -2.50. The summed E-state index contributed by atoms with van der Waals surface area (Å²) in [5.41, 5.74) is 4.61. The molecule has 0 radical (unpaired) electrons. The van der Waals surface area contributed by atoms with E-state index in [0.29, 0.717) is 27.9 Å². The molecule has 4 atom stereocenters. The summed E-state index contributed by atoms with van der Waals surface area (Å²) in [5, 5.41) is 45.1. The summed E-state index contributed by atoms with van der Waals surface area (Å²) >= 11 is 0. The molecule has 1 aromatic heterocycles. The Morgan fingerprint density at radius 3 is 2.36 bits per heavy atom. The van der Waals surface area contributed by atoms with Crippen molar-refractivity contribution in [2.75, 3.05) is 14.1 Å². The number of nitrogens with zero attached hydrogens (tertiary/aromatic N) is 2. The predicted molar refractivity (Wildman–Crippen MR) is 162 cm³/mol. The van der Waals surface area contributed by atoms with E-state index in [9.17, 15) is 39.6 Å². The van der Waals surface area contributed by atoms with Crippen LogP contribution in [0.5, 0.6) is 5.75 Å². The average Bonchev–Trinajstić information content (AvgIpc) is 2.99. The lowest BCUT2D eigenvalue weighted by atomic mass is 9.57. The summed E-state index contributed by atoms with van der Waals surface area (Å²) in [5.74, 6) is -7.13. The van der Waals surface area contributed by atoms with Crippen LogP contribution in [0.4, 0.5) is 0 Å². The molecule has 1 saturated carbocycles. The zero-order valence-electron chi connectivity index (χ0n) is 24.5. The molecule has 0 spiro atoms. The van der Waals surface area contributed by atoms with E-state index in [-0.39, 0.29) is 41.9 Å². The molecule has 0 bridgehead atoms. The van der Waals surface area contributed by atoms with Gasteiger partial charge in [0.2, 0.25) is 5.78 Å². The first-order chi connectivity index (χ1) is 21.4. The van der Waals surface area contributed by atoms with Gasteiger partial charge >= 0.3 is 0 Å². The molecular weight excluding hydrogens is 578 g/mol. The molecule has 3 aromatic rings. The maximum atomic E-state index is 14.0. The van der Waals surface area contributed by atoms with Crippen LogP contribution >= 0.6 is 0 Å². The largest absolute Gasteiger partial charge is 0.508 e. The predicted octanol–water partition coefficient (Wildman–Crippen LogP) is 2.45. The highest BCUT2D eigenvalue weighted by Crippen LogP contribution is 2.53. The molecular formula is C34H31N3O8. The van der Waals surface area contributed by atoms with Crippen LogP contribution < -0.4 is 5.73 Å². The van der Waals surface area contributed by atoms with Crippen LogP contribution in [0.15, 0.2) is 77.7 Å². The first-order valence-electron chi connectivity index (χ1n) is 14.4. The van der Waals surface area contributed by atoms with E-state index in [0.717, 1.165) is 0 Å². The van der Waals surface area contributed by atoms with Gasteiger partial charge in [0.25, 0.3) is 5.91 Å². The number of hydrogen-bond donors (Lipinski definition) is 5. The van der Waals surface area contributed by atoms with Crippen LogP contribution in [-0.4, -0.2) is 79.3 Å². The van der Waals surface area contributed by atoms with Crippen LogP contribution in [0.3, 0.4) is 0 Å². The third-order valence-electron chi connectivity index (χ3n) is 9.19. The standard InChI is InChI=1S/C34H31N3O8/c1-37(2)28-22-14-18-13-21-20(16-6-8-17(9-7-16)24(39)15-19-5-3-4-12-36-19)10-11-23(38)26(21)29(40)25(18)31(42)34(22,45)32(43)27(30(28)41)33(35)44/h3-12,18,22,28,38,40,43,45H,13-15H2,1-2H3,(H2,35,44)/t18?,22?,28-,34-/m0/s1. The number of phenolic OH excluding ortho intramolecular Hbond substituents is 1. The number of phenols is 1. The first kappa shape index (κ1) is 29.9. The van der Waals surface area contributed by atoms with E-state index in [1.165, 1.54) is 11.0 Å². The molecule has 45 heavy (non-hydrogen) atoms. The summed E-state index contributed by atoms with van der Waals surface area (Å²) in [7, 11) is 3.10. The van der Waals surface area contributed by atoms with E-state index in [2.05, 4.69) is 4.98 Å². The maximum absolute atomic E-state index is 14.0. The van der Waals surface area contributed by atoms with Gasteiger partial charge in [-0.1, -0.05) is 36.4 Å². The fraction of sp³-hybridized carbons (Fsp3) is 0.265. The van der Waals surface area contributed by atoms with Gasteiger partial charge in [0.05, 0.1) is 18.0 Å². The third-order valence-corrected chi connectivity index (χ3v) is 9.19. The Labute approximate surface area is 257 Å². The van der Waals surface area contributed by atoms with Gasteiger partial charge in [0.1, 0.15) is 22.8 Å². The molecule has 2 aromatic carbocycles. The Kier molecular flexibility index (Phi) is 7.18. The van der Waals surface area contributed by atoms with E-state index < -0.39 is 58.0 Å². The molecule has 0 saturated heterocycles. The Bertz CT molecular complexity index is 1840. The highest BCUT2D eigenvalue weighted by atomic mass is 16.3. The molecule has 230 valence electrons. The molecule has 1 amide bonds. The highest BCUT2D eigenvalue weighted by Gasteiger charge is 2.64. The van der Waals surface area contributed by atoms with Gasteiger partial charge < -0.3 is 26.2 Å². The topological polar surface area (TPSA) is 191 Å². The summed E-state index contributed by atoms with van der Waals surface area (Å²) in [6.45, 7) is 0. The second kappa shape index (κ2) is 10.8. The Hall–Kier alpha value is -5.13. The lowest BCUT2D eigenvalue weighted by molar-refractivity contribution is -0.153. The van der Waals surface area contributed by atoms with Gasteiger partial charge in [-0.05, 0) is 67.7 Å². The fourth-order valence-electron chi connectivity index (χ4n) is 7.12. The van der Waals surface area contributed by atoms with Gasteiger partial charge in [-0.3, -0.25) is 29.1 Å². The second-order valence-corrected chi connectivity index (χ2v) is 11.9. The number of Topliss-reactive ketones (excluding diaryl/α,β-unsaturated/α-hetero) is 3. The molecule has 2 unspecified atom stereocenters.